The standard InChI is InChI=1S/C24H18F3N5O4/c25-24(26,27)13-36-17-6-3-15-11-32(20(33)18(15)9-17)12-23(21(34)30-22(35)31-23)16-4-1-14(2-5-16)19-10-28-7-8-29-19/h1-10H,11-13H2,(H2,30,31,34,35)/t23-/m0/s1. The second kappa shape index (κ2) is 8.63. The zero-order valence-corrected chi connectivity index (χ0v) is 18.5. The van der Waals surface area contributed by atoms with Crippen molar-refractivity contribution in [2.45, 2.75) is 18.3 Å². The monoisotopic (exact) mass is 497 g/mol. The van der Waals surface area contributed by atoms with Crippen molar-refractivity contribution in [3.05, 3.63) is 77.7 Å². The molecule has 3 aromatic rings. The number of aromatic nitrogens is 2. The van der Waals surface area contributed by atoms with Gasteiger partial charge in [0, 0.05) is 30.1 Å². The van der Waals surface area contributed by atoms with Crippen LogP contribution in [0.1, 0.15) is 21.5 Å². The third kappa shape index (κ3) is 4.32. The van der Waals surface area contributed by atoms with Crippen molar-refractivity contribution in [1.29, 1.82) is 0 Å². The number of benzene rings is 2. The molecule has 2 N–H and O–H groups in total. The van der Waals surface area contributed by atoms with Gasteiger partial charge in [0.1, 0.15) is 5.75 Å². The number of alkyl halides is 3. The number of halogens is 3. The van der Waals surface area contributed by atoms with Gasteiger partial charge in [0.05, 0.1) is 18.4 Å². The van der Waals surface area contributed by atoms with Gasteiger partial charge in [-0.05, 0) is 23.3 Å². The topological polar surface area (TPSA) is 114 Å². The van der Waals surface area contributed by atoms with E-state index in [1.54, 1.807) is 42.9 Å². The molecule has 2 aromatic carbocycles. The van der Waals surface area contributed by atoms with Crippen molar-refractivity contribution >= 4 is 17.8 Å². The van der Waals surface area contributed by atoms with Crippen molar-refractivity contribution < 1.29 is 32.3 Å². The Balaban J connectivity index is 1.41. The fraction of sp³-hybridized carbons (Fsp3) is 0.208. The third-order valence-corrected chi connectivity index (χ3v) is 5.97. The smallest absolute Gasteiger partial charge is 0.422 e. The number of ether oxygens (including phenoxy) is 1. The van der Waals surface area contributed by atoms with Crippen LogP contribution in [0, 0.1) is 0 Å². The second-order valence-electron chi connectivity index (χ2n) is 8.37. The van der Waals surface area contributed by atoms with Crippen molar-refractivity contribution in [2.24, 2.45) is 0 Å². The first-order chi connectivity index (χ1) is 17.1. The van der Waals surface area contributed by atoms with E-state index >= 15 is 0 Å². The molecular formula is C24H18F3N5O4. The number of hydrogen-bond acceptors (Lipinski definition) is 6. The Bertz CT molecular complexity index is 1350. The highest BCUT2D eigenvalue weighted by Crippen LogP contribution is 2.33. The molecule has 0 saturated carbocycles. The van der Waals surface area contributed by atoms with Gasteiger partial charge in [0.2, 0.25) is 0 Å². The molecule has 184 valence electrons. The SMILES string of the molecule is O=C1NC(=O)[C@](CN2Cc3ccc(OCC(F)(F)F)cc3C2=O)(c2ccc(-c3cnccn3)cc2)N1. The Morgan fingerprint density at radius 3 is 2.47 bits per heavy atom. The van der Waals surface area contributed by atoms with Gasteiger partial charge in [-0.15, -0.1) is 0 Å². The van der Waals surface area contributed by atoms with E-state index in [0.717, 1.165) is 5.56 Å². The van der Waals surface area contributed by atoms with E-state index < -0.39 is 36.2 Å². The van der Waals surface area contributed by atoms with E-state index in [2.05, 4.69) is 20.6 Å². The highest BCUT2D eigenvalue weighted by molar-refractivity contribution is 6.08. The summed E-state index contributed by atoms with van der Waals surface area (Å²) < 4.78 is 42.2. The van der Waals surface area contributed by atoms with E-state index in [-0.39, 0.29) is 24.4 Å². The number of carbonyl (C=O) groups excluding carboxylic acids is 3. The minimum Gasteiger partial charge on any atom is -0.484 e. The summed E-state index contributed by atoms with van der Waals surface area (Å²) in [5.41, 5.74) is 0.974. The van der Waals surface area contributed by atoms with E-state index in [1.165, 1.54) is 23.1 Å². The van der Waals surface area contributed by atoms with Gasteiger partial charge in [-0.2, -0.15) is 13.2 Å². The molecule has 3 heterocycles. The van der Waals surface area contributed by atoms with Crippen LogP contribution < -0.4 is 15.4 Å². The van der Waals surface area contributed by atoms with Crippen LogP contribution in [-0.4, -0.2) is 52.0 Å². The van der Waals surface area contributed by atoms with Gasteiger partial charge in [-0.25, -0.2) is 4.79 Å². The molecule has 0 spiro atoms. The Morgan fingerprint density at radius 1 is 1.06 bits per heavy atom. The van der Waals surface area contributed by atoms with E-state index in [0.29, 0.717) is 16.8 Å². The predicted molar refractivity (Wildman–Crippen MR) is 119 cm³/mol. The lowest BCUT2D eigenvalue weighted by molar-refractivity contribution is -0.153. The van der Waals surface area contributed by atoms with Crippen LogP contribution in [0.15, 0.2) is 61.1 Å². The van der Waals surface area contributed by atoms with Gasteiger partial charge in [0.15, 0.2) is 12.1 Å². The minimum absolute atomic E-state index is 0.0949. The molecule has 0 unspecified atom stereocenters. The van der Waals surface area contributed by atoms with Gasteiger partial charge < -0.3 is 15.0 Å². The van der Waals surface area contributed by atoms with Crippen molar-refractivity contribution in [1.82, 2.24) is 25.5 Å². The summed E-state index contributed by atoms with van der Waals surface area (Å²) in [5.74, 6) is -1.22. The van der Waals surface area contributed by atoms with Gasteiger partial charge in [-0.1, -0.05) is 30.3 Å². The summed E-state index contributed by atoms with van der Waals surface area (Å²) in [5, 5.41) is 4.87. The molecule has 9 nitrogen and oxygen atoms in total. The summed E-state index contributed by atoms with van der Waals surface area (Å²) in [4.78, 5) is 47.9. The van der Waals surface area contributed by atoms with Crippen LogP contribution in [-0.2, 0) is 16.9 Å². The molecule has 1 aromatic heterocycles. The van der Waals surface area contributed by atoms with E-state index in [1.807, 2.05) is 0 Å². The Kier molecular flexibility index (Phi) is 5.58. The number of nitrogens with zero attached hydrogens (tertiary/aromatic N) is 3. The molecule has 0 radical (unpaired) electrons. The number of urea groups is 1. The van der Waals surface area contributed by atoms with Crippen LogP contribution in [0.2, 0.25) is 0 Å². The van der Waals surface area contributed by atoms with Crippen molar-refractivity contribution in [3.63, 3.8) is 0 Å². The molecule has 0 aliphatic carbocycles. The van der Waals surface area contributed by atoms with Gasteiger partial charge >= 0.3 is 12.2 Å². The third-order valence-electron chi connectivity index (χ3n) is 5.97. The molecule has 1 fully saturated rings. The fourth-order valence-electron chi connectivity index (χ4n) is 4.28. The van der Waals surface area contributed by atoms with Gasteiger partial charge in [0.25, 0.3) is 11.8 Å². The maximum Gasteiger partial charge on any atom is 0.422 e. The molecule has 2 aliphatic heterocycles. The number of carbonyl (C=O) groups is 3. The molecule has 1 saturated heterocycles. The number of imide groups is 1. The Labute approximate surface area is 202 Å². The predicted octanol–water partition coefficient (Wildman–Crippen LogP) is 2.78. The zero-order valence-electron chi connectivity index (χ0n) is 18.5. The number of rotatable bonds is 6. The molecule has 5 rings (SSSR count). The maximum absolute atomic E-state index is 13.1. The average molecular weight is 497 g/mol. The fourth-order valence-corrected chi connectivity index (χ4v) is 4.28. The number of fused-ring (bicyclic) bond motifs is 1. The highest BCUT2D eigenvalue weighted by atomic mass is 19.4. The first kappa shape index (κ1) is 23.3. The zero-order chi connectivity index (χ0) is 25.5. The van der Waals surface area contributed by atoms with Crippen LogP contribution in [0.4, 0.5) is 18.0 Å². The Morgan fingerprint density at radius 2 is 1.83 bits per heavy atom. The van der Waals surface area contributed by atoms with Crippen molar-refractivity contribution in [3.8, 4) is 17.0 Å². The highest BCUT2D eigenvalue weighted by Gasteiger charge is 2.50. The second-order valence-corrected chi connectivity index (χ2v) is 8.37. The van der Waals surface area contributed by atoms with Crippen molar-refractivity contribution in [2.75, 3.05) is 13.2 Å². The maximum atomic E-state index is 13.1. The lowest BCUT2D eigenvalue weighted by Gasteiger charge is -2.31. The van der Waals surface area contributed by atoms with E-state index in [4.69, 9.17) is 4.74 Å². The largest absolute Gasteiger partial charge is 0.484 e. The summed E-state index contributed by atoms with van der Waals surface area (Å²) in [6, 6.07) is 10.2. The summed E-state index contributed by atoms with van der Waals surface area (Å²) in [6.07, 6.45) is 0.160. The van der Waals surface area contributed by atoms with Crippen LogP contribution >= 0.6 is 0 Å². The first-order valence-corrected chi connectivity index (χ1v) is 10.8. The summed E-state index contributed by atoms with van der Waals surface area (Å²) >= 11 is 0. The van der Waals surface area contributed by atoms with Crippen LogP contribution in [0.3, 0.4) is 0 Å². The molecule has 12 heteroatoms. The quantitative estimate of drug-likeness (QED) is 0.507. The lowest BCUT2D eigenvalue weighted by atomic mass is 9.88. The Hall–Kier alpha value is -4.48. The number of nitrogens with one attached hydrogen (secondary N) is 2. The molecule has 0 bridgehead atoms. The van der Waals surface area contributed by atoms with Gasteiger partial charge in [-0.3, -0.25) is 24.9 Å². The molecule has 36 heavy (non-hydrogen) atoms. The summed E-state index contributed by atoms with van der Waals surface area (Å²) in [7, 11) is 0. The molecule has 2 aliphatic rings. The summed E-state index contributed by atoms with van der Waals surface area (Å²) in [6.45, 7) is -1.57. The van der Waals surface area contributed by atoms with E-state index in [9.17, 15) is 27.6 Å². The normalized spacial score (nSPS) is 19.2. The number of amides is 4. The van der Waals surface area contributed by atoms with Crippen LogP contribution in [0.5, 0.6) is 5.75 Å². The first-order valence-electron chi connectivity index (χ1n) is 10.8. The molecule has 1 atom stereocenters. The molecule has 4 amide bonds. The van der Waals surface area contributed by atoms with Crippen LogP contribution in [0.25, 0.3) is 11.3 Å². The number of hydrogen-bond donors (Lipinski definition) is 2. The molecular weight excluding hydrogens is 479 g/mol. The lowest BCUT2D eigenvalue weighted by Crippen LogP contribution is -2.52. The minimum atomic E-state index is -4.52. The average Bonchev–Trinajstić information content (AvgIpc) is 3.32.